The molecule has 0 saturated heterocycles. The zero-order chi connectivity index (χ0) is 24.5. The number of carbonyl (C=O) groups excluding carboxylic acids is 4. The van der Waals surface area contributed by atoms with Crippen molar-refractivity contribution in [1.82, 2.24) is 15.5 Å². The first-order chi connectivity index (χ1) is 15.2. The van der Waals surface area contributed by atoms with Crippen LogP contribution in [0.15, 0.2) is 18.2 Å². The molecule has 0 heterocycles. The van der Waals surface area contributed by atoms with E-state index in [0.29, 0.717) is 16.8 Å². The van der Waals surface area contributed by atoms with Crippen LogP contribution in [0.2, 0.25) is 0 Å². The molecule has 192 valence electrons. The summed E-state index contributed by atoms with van der Waals surface area (Å²) in [6.45, 7) is 5.57. The van der Waals surface area contributed by atoms with E-state index in [1.165, 1.54) is 25.3 Å². The number of hydrogen-bond acceptors (Lipinski definition) is 7. The van der Waals surface area contributed by atoms with Crippen molar-refractivity contribution in [3.05, 3.63) is 29.3 Å². The zero-order valence-electron chi connectivity index (χ0n) is 19.4. The Labute approximate surface area is 188 Å². The molecule has 0 saturated carbocycles. The van der Waals surface area contributed by atoms with Crippen LogP contribution < -0.4 is 21.7 Å². The third kappa shape index (κ3) is 13.0. The molecule has 0 radical (unpaired) electrons. The van der Waals surface area contributed by atoms with Crippen LogP contribution in [0.1, 0.15) is 38.3 Å². The number of carbonyl (C=O) groups is 3. The van der Waals surface area contributed by atoms with E-state index in [9.17, 15) is 24.3 Å². The zero-order valence-corrected chi connectivity index (χ0v) is 21.8. The van der Waals surface area contributed by atoms with Crippen LogP contribution in [-0.2, 0) is 32.3 Å². The molecule has 1 rings (SSSR count). The minimum atomic E-state index is -0.878. The van der Waals surface area contributed by atoms with Crippen LogP contribution in [0.3, 0.4) is 0 Å². The topological polar surface area (TPSA) is 163 Å². The van der Waals surface area contributed by atoms with E-state index in [4.69, 9.17) is 5.73 Å². The number of nitrogens with two attached hydrogens (primary N) is 1. The van der Waals surface area contributed by atoms with Crippen LogP contribution in [0.25, 0.3) is 0 Å². The maximum absolute atomic E-state index is 12.3. The van der Waals surface area contributed by atoms with Gasteiger partial charge in [0.2, 0.25) is 11.8 Å². The van der Waals surface area contributed by atoms with E-state index in [1.54, 1.807) is 24.6 Å². The number of ether oxygens (including phenoxy) is 1. The summed E-state index contributed by atoms with van der Waals surface area (Å²) in [6.07, 6.45) is 2.19. The predicted molar refractivity (Wildman–Crippen MR) is 120 cm³/mol. The first-order valence-corrected chi connectivity index (χ1v) is 10.2. The summed E-state index contributed by atoms with van der Waals surface area (Å²) in [5.74, 6) is -1.06. The monoisotopic (exact) mass is 709 g/mol. The van der Waals surface area contributed by atoms with Gasteiger partial charge in [0, 0.05) is 18.8 Å². The maximum atomic E-state index is 12.3. The molecule has 0 aliphatic rings. The quantitative estimate of drug-likeness (QED) is 0.162. The Morgan fingerprint density at radius 3 is 2.42 bits per heavy atom. The molecule has 0 spiro atoms. The molecular weight excluding hydrogens is 675 g/mol. The van der Waals surface area contributed by atoms with Gasteiger partial charge >= 0.3 is 6.09 Å². The Morgan fingerprint density at radius 2 is 1.88 bits per heavy atom. The van der Waals surface area contributed by atoms with E-state index < -0.39 is 23.9 Å². The second-order valence-corrected chi connectivity index (χ2v) is 6.85. The van der Waals surface area contributed by atoms with Gasteiger partial charge in [0.15, 0.2) is 0 Å². The van der Waals surface area contributed by atoms with Crippen LogP contribution in [0.4, 0.5) is 10.5 Å². The Kier molecular flexibility index (Phi) is 16.4. The molecular formula is C21H34FmN5O6-. The van der Waals surface area contributed by atoms with Crippen molar-refractivity contribution in [3.8, 4) is 0 Å². The molecule has 11 nitrogen and oxygen atoms in total. The molecule has 1 atom stereocenters. The normalized spacial score (nSPS) is 10.4. The molecule has 1 unspecified atom stereocenters. The van der Waals surface area contributed by atoms with Gasteiger partial charge in [0.25, 0.3) is 0 Å². The first-order valence-electron chi connectivity index (χ1n) is 10.2. The van der Waals surface area contributed by atoms with E-state index >= 15 is 0 Å². The van der Waals surface area contributed by atoms with Crippen LogP contribution in [0, 0.1) is 0 Å². The van der Waals surface area contributed by atoms with Gasteiger partial charge in [-0.2, -0.15) is 6.41 Å². The maximum Gasteiger partial charge on any atom is 0.407 e. The van der Waals surface area contributed by atoms with Crippen molar-refractivity contribution in [3.63, 3.8) is 0 Å². The molecule has 4 amide bonds. The fourth-order valence-corrected chi connectivity index (χ4v) is 2.26. The fraction of sp³-hybridized carbons (Fsp3) is 0.524. The van der Waals surface area contributed by atoms with Crippen molar-refractivity contribution >= 4 is 30.0 Å². The van der Waals surface area contributed by atoms with Crippen molar-refractivity contribution in [2.45, 2.75) is 46.4 Å². The molecule has 0 bridgehead atoms. The molecule has 1 aromatic carbocycles. The summed E-state index contributed by atoms with van der Waals surface area (Å²) >= 11 is 0. The molecule has 12 heteroatoms. The Bertz CT molecular complexity index is 750. The smallest absolute Gasteiger partial charge is 0.407 e. The Morgan fingerprint density at radius 1 is 1.24 bits per heavy atom. The molecule has 0 aromatic heterocycles. The summed E-state index contributed by atoms with van der Waals surface area (Å²) < 4.78 is 4.66. The van der Waals surface area contributed by atoms with Gasteiger partial charge in [-0.05, 0) is 37.2 Å². The predicted octanol–water partition coefficient (Wildman–Crippen LogP) is 0.222. The van der Waals surface area contributed by atoms with Gasteiger partial charge in [0.1, 0.15) is 19.2 Å². The summed E-state index contributed by atoms with van der Waals surface area (Å²) in [7, 11) is 1.54. The number of amides is 4. The minimum absolute atomic E-state index is 0. The second kappa shape index (κ2) is 17.5. The average molecular weight is 710 g/mol. The Hall–Kier alpha value is -4.18. The Balaban J connectivity index is 0. The number of nitrogens with zero attached hydrogens (tertiary/aromatic N) is 1. The second-order valence-electron chi connectivity index (χ2n) is 6.85. The summed E-state index contributed by atoms with van der Waals surface area (Å²) in [5.41, 5.74) is 6.88. The third-order valence-corrected chi connectivity index (χ3v) is 3.72. The number of alkyl carbamates (subject to hydrolysis) is 1. The summed E-state index contributed by atoms with van der Waals surface area (Å²) in [5, 5.41) is 16.7. The van der Waals surface area contributed by atoms with Gasteiger partial charge in [0.05, 0.1) is 6.61 Å². The standard InChI is InChI=1S/C18H26N5O6.C3H8.Fm/c1-12(21-16(26)8-20-18(28)29-6-5-19)17(27)22-15-4-3-13(10-24)14(7-15)9-23(2)11-25;1-3-2;/h3-4,7,12,24H,5-6,8-10,19H2,1-2H3,(H,20,28)(H,21,26)(H,22,27);3H2,1-2H3;/q-1;;. The fourth-order valence-electron chi connectivity index (χ4n) is 2.26. The van der Waals surface area contributed by atoms with Crippen molar-refractivity contribution in [1.29, 1.82) is 0 Å². The van der Waals surface area contributed by atoms with Gasteiger partial charge in [-0.25, -0.2) is 4.79 Å². The molecule has 33 heavy (non-hydrogen) atoms. The molecule has 1 aromatic rings. The van der Waals surface area contributed by atoms with E-state index in [1.807, 2.05) is 0 Å². The number of aliphatic hydroxyl groups excluding tert-OH is 1. The number of rotatable bonds is 11. The van der Waals surface area contributed by atoms with Crippen LogP contribution >= 0.6 is 0 Å². The average Bonchev–Trinajstić information content (AvgIpc) is 2.76. The largest absolute Gasteiger partial charge is 0.520 e. The number of benzene rings is 1. The third-order valence-electron chi connectivity index (χ3n) is 3.72. The summed E-state index contributed by atoms with van der Waals surface area (Å²) in [6, 6.07) is 3.97. The van der Waals surface area contributed by atoms with E-state index in [0.717, 1.165) is 0 Å². The van der Waals surface area contributed by atoms with Gasteiger partial charge in [-0.3, -0.25) is 9.59 Å². The van der Waals surface area contributed by atoms with E-state index in [2.05, 4.69) is 34.5 Å². The SMILES string of the molecule is CC(NC(=O)CNC(=O)OCCN)C(=O)Nc1ccc(CO)c(CN(C)[C-]=O)c1.CCC.[Fm]. The van der Waals surface area contributed by atoms with Crippen LogP contribution in [-0.4, -0.2) is 67.1 Å². The van der Waals surface area contributed by atoms with Gasteiger partial charge in [-0.15, -0.1) is 0 Å². The van der Waals surface area contributed by atoms with Crippen LogP contribution in [0.5, 0.6) is 0 Å². The molecule has 0 fully saturated rings. The number of nitrogens with one attached hydrogen (secondary N) is 3. The van der Waals surface area contributed by atoms with E-state index in [-0.39, 0.29) is 32.8 Å². The molecule has 0 aliphatic carbocycles. The van der Waals surface area contributed by atoms with Crippen molar-refractivity contribution < 1.29 is 29.0 Å². The number of hydrogen-bond donors (Lipinski definition) is 5. The minimum Gasteiger partial charge on any atom is -0.520 e. The first kappa shape index (κ1) is 31.0. The number of aliphatic hydroxyl groups is 1. The van der Waals surface area contributed by atoms with Gasteiger partial charge < -0.3 is 41.2 Å². The molecule has 6 N–H and O–H groups in total. The van der Waals surface area contributed by atoms with Crippen molar-refractivity contribution in [2.75, 3.05) is 32.1 Å². The van der Waals surface area contributed by atoms with Crippen molar-refractivity contribution in [2.24, 2.45) is 5.73 Å². The molecule has 0 aliphatic heterocycles. The summed E-state index contributed by atoms with van der Waals surface area (Å²) in [4.78, 5) is 47.4. The number of anilines is 1. The van der Waals surface area contributed by atoms with Gasteiger partial charge in [-0.1, -0.05) is 26.3 Å².